The highest BCUT2D eigenvalue weighted by Gasteiger charge is 2.10. The molecule has 0 heterocycles. The third-order valence-electron chi connectivity index (χ3n) is 2.59. The lowest BCUT2D eigenvalue weighted by Gasteiger charge is -2.11. The summed E-state index contributed by atoms with van der Waals surface area (Å²) >= 11 is 13.3. The molecule has 1 atom stereocenters. The van der Waals surface area contributed by atoms with Gasteiger partial charge in [-0.1, -0.05) is 73.8 Å². The summed E-state index contributed by atoms with van der Waals surface area (Å²) in [6.45, 7) is 0. The molecule has 0 nitrogen and oxygen atoms in total. The van der Waals surface area contributed by atoms with E-state index >= 15 is 0 Å². The van der Waals surface area contributed by atoms with Crippen LogP contribution < -0.4 is 0 Å². The highest BCUT2D eigenvalue weighted by Crippen LogP contribution is 2.30. The lowest BCUT2D eigenvalue weighted by atomic mass is 10.0. The SMILES string of the molecule is Clc1ccccc1CC(Br)c1ccc(Br)cc1. The van der Waals surface area contributed by atoms with Gasteiger partial charge in [0.05, 0.1) is 0 Å². The summed E-state index contributed by atoms with van der Waals surface area (Å²) in [6.07, 6.45) is 0.890. The Morgan fingerprint density at radius 2 is 1.65 bits per heavy atom. The van der Waals surface area contributed by atoms with Crippen molar-refractivity contribution in [3.8, 4) is 0 Å². The molecule has 3 heteroatoms. The molecule has 0 bridgehead atoms. The molecule has 0 N–H and O–H groups in total. The van der Waals surface area contributed by atoms with Crippen molar-refractivity contribution >= 4 is 43.5 Å². The topological polar surface area (TPSA) is 0 Å². The highest BCUT2D eigenvalue weighted by molar-refractivity contribution is 9.10. The van der Waals surface area contributed by atoms with E-state index in [9.17, 15) is 0 Å². The molecule has 0 spiro atoms. The van der Waals surface area contributed by atoms with Crippen molar-refractivity contribution in [1.29, 1.82) is 0 Å². The Morgan fingerprint density at radius 1 is 1.00 bits per heavy atom. The van der Waals surface area contributed by atoms with E-state index in [0.29, 0.717) is 0 Å². The Labute approximate surface area is 123 Å². The van der Waals surface area contributed by atoms with E-state index in [4.69, 9.17) is 11.6 Å². The van der Waals surface area contributed by atoms with E-state index in [0.717, 1.165) is 15.9 Å². The summed E-state index contributed by atoms with van der Waals surface area (Å²) in [7, 11) is 0. The van der Waals surface area contributed by atoms with Gasteiger partial charge in [0.2, 0.25) is 0 Å². The minimum absolute atomic E-state index is 0.287. The van der Waals surface area contributed by atoms with Gasteiger partial charge in [-0.2, -0.15) is 0 Å². The van der Waals surface area contributed by atoms with Crippen molar-refractivity contribution in [2.24, 2.45) is 0 Å². The summed E-state index contributed by atoms with van der Waals surface area (Å²) in [5, 5.41) is 0.828. The Kier molecular flexibility index (Phi) is 4.66. The van der Waals surface area contributed by atoms with Crippen LogP contribution >= 0.6 is 43.5 Å². The number of hydrogen-bond donors (Lipinski definition) is 0. The van der Waals surface area contributed by atoms with E-state index in [1.54, 1.807) is 0 Å². The second-order valence-corrected chi connectivity index (χ2v) is 6.24. The molecule has 0 radical (unpaired) electrons. The quantitative estimate of drug-likeness (QED) is 0.597. The monoisotopic (exact) mass is 372 g/mol. The molecule has 0 saturated heterocycles. The predicted octanol–water partition coefficient (Wildman–Crippen LogP) is 5.78. The first-order valence-electron chi connectivity index (χ1n) is 5.30. The Bertz CT molecular complexity index is 494. The minimum Gasteiger partial charge on any atom is -0.0840 e. The average Bonchev–Trinajstić information content (AvgIpc) is 2.33. The first-order valence-corrected chi connectivity index (χ1v) is 7.38. The van der Waals surface area contributed by atoms with Gasteiger partial charge in [-0.05, 0) is 35.7 Å². The fourth-order valence-electron chi connectivity index (χ4n) is 1.65. The van der Waals surface area contributed by atoms with E-state index < -0.39 is 0 Å². The standard InChI is InChI=1S/C14H11Br2Cl/c15-12-7-5-10(6-8-12)13(16)9-11-3-1-2-4-14(11)17/h1-8,13H,9H2. The lowest BCUT2D eigenvalue weighted by Crippen LogP contribution is -1.95. The zero-order valence-electron chi connectivity index (χ0n) is 9.04. The molecular formula is C14H11Br2Cl. The number of halogens is 3. The molecule has 0 saturated carbocycles. The van der Waals surface area contributed by atoms with Gasteiger partial charge in [0.15, 0.2) is 0 Å². The lowest BCUT2D eigenvalue weighted by molar-refractivity contribution is 0.949. The summed E-state index contributed by atoms with van der Waals surface area (Å²) in [6, 6.07) is 16.3. The first kappa shape index (κ1) is 13.1. The molecule has 17 heavy (non-hydrogen) atoms. The third-order valence-corrected chi connectivity index (χ3v) is 4.34. The van der Waals surface area contributed by atoms with E-state index in [2.05, 4.69) is 62.2 Å². The highest BCUT2D eigenvalue weighted by atomic mass is 79.9. The third kappa shape index (κ3) is 3.57. The van der Waals surface area contributed by atoms with Crippen LogP contribution in [0.4, 0.5) is 0 Å². The molecular weight excluding hydrogens is 363 g/mol. The molecule has 0 aliphatic rings. The molecule has 0 aromatic heterocycles. The Hall–Kier alpha value is -0.310. The van der Waals surface area contributed by atoms with Gasteiger partial charge in [0.25, 0.3) is 0 Å². The van der Waals surface area contributed by atoms with Crippen molar-refractivity contribution in [3.63, 3.8) is 0 Å². The molecule has 2 aromatic rings. The number of hydrogen-bond acceptors (Lipinski definition) is 0. The van der Waals surface area contributed by atoms with Crippen LogP contribution in [-0.4, -0.2) is 0 Å². The van der Waals surface area contributed by atoms with Crippen LogP contribution in [0.3, 0.4) is 0 Å². The van der Waals surface area contributed by atoms with Crippen LogP contribution in [0.1, 0.15) is 16.0 Å². The molecule has 1 unspecified atom stereocenters. The maximum Gasteiger partial charge on any atom is 0.0438 e. The summed E-state index contributed by atoms with van der Waals surface area (Å²) in [5.74, 6) is 0. The Morgan fingerprint density at radius 3 is 2.29 bits per heavy atom. The largest absolute Gasteiger partial charge is 0.0840 e. The summed E-state index contributed by atoms with van der Waals surface area (Å²) < 4.78 is 1.10. The van der Waals surface area contributed by atoms with Crippen molar-refractivity contribution in [2.45, 2.75) is 11.2 Å². The van der Waals surface area contributed by atoms with Gasteiger partial charge in [0.1, 0.15) is 0 Å². The van der Waals surface area contributed by atoms with Crippen molar-refractivity contribution in [3.05, 3.63) is 69.2 Å². The van der Waals surface area contributed by atoms with Crippen molar-refractivity contribution < 1.29 is 0 Å². The van der Waals surface area contributed by atoms with E-state index in [1.165, 1.54) is 11.1 Å². The second kappa shape index (κ2) is 6.03. The van der Waals surface area contributed by atoms with Crippen LogP contribution in [0, 0.1) is 0 Å². The normalized spacial score (nSPS) is 12.4. The molecule has 2 rings (SSSR count). The maximum absolute atomic E-state index is 6.15. The number of alkyl halides is 1. The molecule has 88 valence electrons. The summed E-state index contributed by atoms with van der Waals surface area (Å²) in [5.41, 5.74) is 2.42. The molecule has 0 aliphatic heterocycles. The van der Waals surface area contributed by atoms with Gasteiger partial charge in [-0.15, -0.1) is 0 Å². The van der Waals surface area contributed by atoms with E-state index in [-0.39, 0.29) is 4.83 Å². The molecule has 0 fully saturated rings. The maximum atomic E-state index is 6.15. The zero-order valence-corrected chi connectivity index (χ0v) is 13.0. The van der Waals surface area contributed by atoms with Crippen LogP contribution in [0.5, 0.6) is 0 Å². The Balaban J connectivity index is 2.14. The van der Waals surface area contributed by atoms with Gasteiger partial charge < -0.3 is 0 Å². The van der Waals surface area contributed by atoms with E-state index in [1.807, 2.05) is 18.2 Å². The number of rotatable bonds is 3. The van der Waals surface area contributed by atoms with Gasteiger partial charge in [0, 0.05) is 14.3 Å². The minimum atomic E-state index is 0.287. The predicted molar refractivity (Wildman–Crippen MR) is 81.0 cm³/mol. The van der Waals surface area contributed by atoms with Gasteiger partial charge >= 0.3 is 0 Å². The molecule has 0 amide bonds. The smallest absolute Gasteiger partial charge is 0.0438 e. The average molecular weight is 375 g/mol. The fourth-order valence-corrected chi connectivity index (χ4v) is 2.78. The molecule has 2 aromatic carbocycles. The first-order chi connectivity index (χ1) is 8.16. The fraction of sp³-hybridized carbons (Fsp3) is 0.143. The van der Waals surface area contributed by atoms with Gasteiger partial charge in [-0.3, -0.25) is 0 Å². The van der Waals surface area contributed by atoms with Crippen LogP contribution in [0.25, 0.3) is 0 Å². The van der Waals surface area contributed by atoms with Crippen LogP contribution in [-0.2, 0) is 6.42 Å². The van der Waals surface area contributed by atoms with Crippen LogP contribution in [0.15, 0.2) is 53.0 Å². The second-order valence-electron chi connectivity index (χ2n) is 3.81. The zero-order chi connectivity index (χ0) is 12.3. The summed E-state index contributed by atoms with van der Waals surface area (Å²) in [4.78, 5) is 0.287. The number of benzene rings is 2. The van der Waals surface area contributed by atoms with Crippen molar-refractivity contribution in [2.75, 3.05) is 0 Å². The molecule has 0 aliphatic carbocycles. The van der Waals surface area contributed by atoms with Gasteiger partial charge in [-0.25, -0.2) is 0 Å². The van der Waals surface area contributed by atoms with Crippen molar-refractivity contribution in [1.82, 2.24) is 0 Å². The van der Waals surface area contributed by atoms with Crippen LogP contribution in [0.2, 0.25) is 5.02 Å².